The second-order valence-corrected chi connectivity index (χ2v) is 6.54. The highest BCUT2D eigenvalue weighted by Crippen LogP contribution is 2.35. The van der Waals surface area contributed by atoms with Crippen molar-refractivity contribution in [2.24, 2.45) is 0 Å². The van der Waals surface area contributed by atoms with E-state index in [1.54, 1.807) is 0 Å². The van der Waals surface area contributed by atoms with Gasteiger partial charge in [-0.2, -0.15) is 0 Å². The van der Waals surface area contributed by atoms with Gasteiger partial charge in [-0.25, -0.2) is 0 Å². The Labute approximate surface area is 144 Å². The molecule has 0 heterocycles. The predicted octanol–water partition coefficient (Wildman–Crippen LogP) is 6.94. The Kier molecular flexibility index (Phi) is 3.72. The van der Waals surface area contributed by atoms with Crippen LogP contribution in [-0.4, -0.2) is 0 Å². The Bertz CT molecular complexity index is 957. The van der Waals surface area contributed by atoms with Crippen LogP contribution in [0.25, 0.3) is 33.0 Å². The first kappa shape index (κ1) is 14.2. The van der Waals surface area contributed by atoms with Crippen molar-refractivity contribution >= 4 is 26.7 Å². The van der Waals surface area contributed by atoms with Crippen molar-refractivity contribution in [3.63, 3.8) is 0 Å². The van der Waals surface area contributed by atoms with Crippen LogP contribution in [0.4, 0.5) is 0 Å². The Morgan fingerprint density at radius 1 is 0.522 bits per heavy atom. The third-order valence-corrected chi connectivity index (χ3v) is 4.60. The fourth-order valence-corrected chi connectivity index (χ4v) is 3.37. The highest BCUT2D eigenvalue weighted by molar-refractivity contribution is 9.10. The number of fused-ring (bicyclic) bond motifs is 1. The van der Waals surface area contributed by atoms with Gasteiger partial charge in [0, 0.05) is 4.47 Å². The van der Waals surface area contributed by atoms with Gasteiger partial charge in [-0.15, -0.1) is 0 Å². The Hall–Kier alpha value is -2.38. The van der Waals surface area contributed by atoms with Crippen LogP contribution in [0.3, 0.4) is 0 Å². The molecule has 0 saturated carbocycles. The van der Waals surface area contributed by atoms with Crippen LogP contribution in [0.1, 0.15) is 0 Å². The van der Waals surface area contributed by atoms with Gasteiger partial charge in [0.1, 0.15) is 0 Å². The van der Waals surface area contributed by atoms with Gasteiger partial charge >= 0.3 is 0 Å². The zero-order chi connectivity index (χ0) is 15.6. The molecule has 4 aromatic rings. The summed E-state index contributed by atoms with van der Waals surface area (Å²) < 4.78 is 1.11. The van der Waals surface area contributed by atoms with E-state index in [0.29, 0.717) is 0 Å². The van der Waals surface area contributed by atoms with Crippen LogP contribution in [0.15, 0.2) is 95.5 Å². The fourth-order valence-electron chi connectivity index (χ4n) is 2.99. The van der Waals surface area contributed by atoms with Gasteiger partial charge in [0.05, 0.1) is 0 Å². The second kappa shape index (κ2) is 6.02. The number of halogens is 1. The van der Waals surface area contributed by atoms with Gasteiger partial charge in [-0.3, -0.25) is 0 Å². The van der Waals surface area contributed by atoms with Crippen LogP contribution >= 0.6 is 15.9 Å². The molecular formula is C22H15Br. The monoisotopic (exact) mass is 358 g/mol. The number of hydrogen-bond acceptors (Lipinski definition) is 0. The van der Waals surface area contributed by atoms with E-state index in [1.165, 1.54) is 33.0 Å². The van der Waals surface area contributed by atoms with Crippen molar-refractivity contribution in [1.82, 2.24) is 0 Å². The average Bonchev–Trinajstić information content (AvgIpc) is 2.62. The summed E-state index contributed by atoms with van der Waals surface area (Å²) >= 11 is 3.59. The molecule has 0 fully saturated rings. The zero-order valence-corrected chi connectivity index (χ0v) is 14.1. The lowest BCUT2D eigenvalue weighted by Crippen LogP contribution is -1.85. The summed E-state index contributed by atoms with van der Waals surface area (Å²) in [4.78, 5) is 0. The van der Waals surface area contributed by atoms with Gasteiger partial charge in [0.15, 0.2) is 0 Å². The molecular weight excluding hydrogens is 344 g/mol. The molecule has 0 aliphatic carbocycles. The van der Waals surface area contributed by atoms with E-state index in [1.807, 2.05) is 0 Å². The molecule has 0 aliphatic heterocycles. The van der Waals surface area contributed by atoms with Crippen LogP contribution in [-0.2, 0) is 0 Å². The van der Waals surface area contributed by atoms with Gasteiger partial charge in [-0.05, 0) is 57.3 Å². The molecule has 0 radical (unpaired) electrons. The van der Waals surface area contributed by atoms with Crippen LogP contribution < -0.4 is 0 Å². The molecule has 0 aromatic heterocycles. The lowest BCUT2D eigenvalue weighted by Gasteiger charge is -2.11. The molecule has 0 atom stereocenters. The summed E-state index contributed by atoms with van der Waals surface area (Å²) in [5.41, 5.74) is 5.01. The van der Waals surface area contributed by atoms with Crippen molar-refractivity contribution in [3.8, 4) is 22.3 Å². The SMILES string of the molecule is Brc1ccc2c(-c3ccccc3)cc(-c3ccccc3)cc2c1. The normalized spacial score (nSPS) is 10.8. The summed E-state index contributed by atoms with van der Waals surface area (Å²) in [6, 6.07) is 32.2. The predicted molar refractivity (Wildman–Crippen MR) is 103 cm³/mol. The minimum absolute atomic E-state index is 1.11. The standard InChI is InChI=1S/C22H15Br/c23-20-11-12-21-19(14-20)13-18(16-7-3-1-4-8-16)15-22(21)17-9-5-2-6-10-17/h1-15H. The molecule has 0 aliphatic rings. The first-order valence-electron chi connectivity index (χ1n) is 7.65. The lowest BCUT2D eigenvalue weighted by atomic mass is 9.93. The van der Waals surface area contributed by atoms with Gasteiger partial charge in [-0.1, -0.05) is 82.7 Å². The van der Waals surface area contributed by atoms with Crippen LogP contribution in [0.2, 0.25) is 0 Å². The van der Waals surface area contributed by atoms with Crippen molar-refractivity contribution in [2.75, 3.05) is 0 Å². The summed E-state index contributed by atoms with van der Waals surface area (Å²) in [6.45, 7) is 0. The third kappa shape index (κ3) is 2.80. The largest absolute Gasteiger partial charge is 0.0622 e. The lowest BCUT2D eigenvalue weighted by molar-refractivity contribution is 1.61. The maximum absolute atomic E-state index is 3.59. The van der Waals surface area contributed by atoms with Crippen molar-refractivity contribution < 1.29 is 0 Å². The summed E-state index contributed by atoms with van der Waals surface area (Å²) in [7, 11) is 0. The van der Waals surface area contributed by atoms with Crippen LogP contribution in [0.5, 0.6) is 0 Å². The van der Waals surface area contributed by atoms with E-state index in [2.05, 4.69) is 107 Å². The van der Waals surface area contributed by atoms with Crippen molar-refractivity contribution in [2.45, 2.75) is 0 Å². The Morgan fingerprint density at radius 2 is 1.17 bits per heavy atom. The van der Waals surface area contributed by atoms with Gasteiger partial charge in [0.2, 0.25) is 0 Å². The fraction of sp³-hybridized carbons (Fsp3) is 0. The van der Waals surface area contributed by atoms with E-state index in [9.17, 15) is 0 Å². The van der Waals surface area contributed by atoms with Crippen molar-refractivity contribution in [1.29, 1.82) is 0 Å². The van der Waals surface area contributed by atoms with Gasteiger partial charge in [0.25, 0.3) is 0 Å². The molecule has 0 unspecified atom stereocenters. The zero-order valence-electron chi connectivity index (χ0n) is 12.5. The number of rotatable bonds is 2. The minimum Gasteiger partial charge on any atom is -0.0622 e. The van der Waals surface area contributed by atoms with E-state index >= 15 is 0 Å². The van der Waals surface area contributed by atoms with E-state index in [0.717, 1.165) is 4.47 Å². The highest BCUT2D eigenvalue weighted by atomic mass is 79.9. The van der Waals surface area contributed by atoms with Crippen LogP contribution in [0, 0.1) is 0 Å². The molecule has 4 rings (SSSR count). The smallest absolute Gasteiger partial charge is 0.0181 e. The average molecular weight is 359 g/mol. The summed E-state index contributed by atoms with van der Waals surface area (Å²) in [5.74, 6) is 0. The van der Waals surface area contributed by atoms with E-state index in [-0.39, 0.29) is 0 Å². The third-order valence-electron chi connectivity index (χ3n) is 4.11. The quantitative estimate of drug-likeness (QED) is 0.364. The molecule has 0 N–H and O–H groups in total. The Morgan fingerprint density at radius 3 is 1.87 bits per heavy atom. The maximum Gasteiger partial charge on any atom is 0.0181 e. The second-order valence-electron chi connectivity index (χ2n) is 5.62. The first-order chi connectivity index (χ1) is 11.3. The topological polar surface area (TPSA) is 0 Å². The maximum atomic E-state index is 3.59. The molecule has 110 valence electrons. The summed E-state index contributed by atoms with van der Waals surface area (Å²) in [5, 5.41) is 2.53. The molecule has 23 heavy (non-hydrogen) atoms. The number of benzene rings is 4. The highest BCUT2D eigenvalue weighted by Gasteiger charge is 2.08. The Balaban J connectivity index is 2.03. The molecule has 0 saturated heterocycles. The molecule has 0 spiro atoms. The van der Waals surface area contributed by atoms with E-state index in [4.69, 9.17) is 0 Å². The number of hydrogen-bond donors (Lipinski definition) is 0. The molecule has 1 heteroatoms. The van der Waals surface area contributed by atoms with E-state index < -0.39 is 0 Å². The molecule has 0 bridgehead atoms. The molecule has 0 amide bonds. The molecule has 0 nitrogen and oxygen atoms in total. The summed E-state index contributed by atoms with van der Waals surface area (Å²) in [6.07, 6.45) is 0. The minimum atomic E-state index is 1.11. The van der Waals surface area contributed by atoms with Gasteiger partial charge < -0.3 is 0 Å². The molecule has 4 aromatic carbocycles. The van der Waals surface area contributed by atoms with Crippen molar-refractivity contribution in [3.05, 3.63) is 95.5 Å². The first-order valence-corrected chi connectivity index (χ1v) is 8.45.